The van der Waals surface area contributed by atoms with Gasteiger partial charge in [0.25, 0.3) is 0 Å². The van der Waals surface area contributed by atoms with Crippen LogP contribution in [0.15, 0.2) is 0 Å². The number of methoxy groups -OCH3 is 1. The van der Waals surface area contributed by atoms with Gasteiger partial charge < -0.3 is 20.5 Å². The second-order valence-electron chi connectivity index (χ2n) is 5.67. The third kappa shape index (κ3) is 5.89. The smallest absolute Gasteiger partial charge is 0.233 e. The van der Waals surface area contributed by atoms with Crippen LogP contribution in [0.4, 0.5) is 0 Å². The Labute approximate surface area is 116 Å². The fourth-order valence-corrected chi connectivity index (χ4v) is 2.48. The van der Waals surface area contributed by atoms with Gasteiger partial charge in [0, 0.05) is 25.8 Å². The van der Waals surface area contributed by atoms with Gasteiger partial charge in [-0.1, -0.05) is 6.92 Å². The van der Waals surface area contributed by atoms with E-state index in [9.17, 15) is 9.90 Å². The number of aliphatic hydroxyl groups is 1. The molecule has 1 aliphatic rings. The predicted octanol–water partition coefficient (Wildman–Crippen LogP) is 0.670. The van der Waals surface area contributed by atoms with Gasteiger partial charge in [-0.25, -0.2) is 0 Å². The van der Waals surface area contributed by atoms with Crippen molar-refractivity contribution in [2.75, 3.05) is 33.4 Å². The van der Waals surface area contributed by atoms with Crippen molar-refractivity contribution in [3.8, 4) is 0 Å². The largest absolute Gasteiger partial charge is 0.394 e. The lowest BCUT2D eigenvalue weighted by atomic mass is 9.77. The van der Waals surface area contributed by atoms with Crippen LogP contribution in [-0.4, -0.2) is 50.0 Å². The maximum atomic E-state index is 11.7. The lowest BCUT2D eigenvalue weighted by Crippen LogP contribution is -2.53. The molecule has 112 valence electrons. The summed E-state index contributed by atoms with van der Waals surface area (Å²) in [5, 5.41) is 15.7. The van der Waals surface area contributed by atoms with Gasteiger partial charge in [-0.2, -0.15) is 0 Å². The monoisotopic (exact) mass is 272 g/mol. The predicted molar refractivity (Wildman–Crippen MR) is 75.0 cm³/mol. The molecule has 1 saturated carbocycles. The summed E-state index contributed by atoms with van der Waals surface area (Å²) in [4.78, 5) is 11.7. The van der Waals surface area contributed by atoms with E-state index in [2.05, 4.69) is 17.6 Å². The first-order valence-electron chi connectivity index (χ1n) is 7.23. The van der Waals surface area contributed by atoms with E-state index in [1.807, 2.05) is 0 Å². The number of carbonyl (C=O) groups is 1. The molecule has 0 aliphatic heterocycles. The maximum Gasteiger partial charge on any atom is 0.233 e. The van der Waals surface area contributed by atoms with Crippen LogP contribution in [0, 0.1) is 5.92 Å². The van der Waals surface area contributed by atoms with Crippen molar-refractivity contribution in [1.82, 2.24) is 10.6 Å². The van der Waals surface area contributed by atoms with Crippen LogP contribution >= 0.6 is 0 Å². The van der Waals surface area contributed by atoms with E-state index in [-0.39, 0.29) is 24.6 Å². The van der Waals surface area contributed by atoms with Crippen LogP contribution in [0.25, 0.3) is 0 Å². The molecule has 1 aliphatic carbocycles. The molecule has 0 heterocycles. The van der Waals surface area contributed by atoms with Crippen LogP contribution in [0.1, 0.15) is 39.0 Å². The van der Waals surface area contributed by atoms with Gasteiger partial charge in [0.05, 0.1) is 13.2 Å². The molecule has 0 aromatic rings. The van der Waals surface area contributed by atoms with Crippen LogP contribution in [0.5, 0.6) is 0 Å². The quantitative estimate of drug-likeness (QED) is 0.568. The molecule has 3 N–H and O–H groups in total. The lowest BCUT2D eigenvalue weighted by Gasteiger charge is -2.38. The average Bonchev–Trinajstić information content (AvgIpc) is 2.44. The third-order valence-corrected chi connectivity index (χ3v) is 4.01. The molecule has 0 bridgehead atoms. The highest BCUT2D eigenvalue weighted by Gasteiger charge is 2.33. The zero-order valence-corrected chi connectivity index (χ0v) is 12.2. The minimum atomic E-state index is -0.254. The lowest BCUT2D eigenvalue weighted by molar-refractivity contribution is -0.120. The Bertz CT molecular complexity index is 263. The molecule has 0 aromatic heterocycles. The maximum absolute atomic E-state index is 11.7. The molecular weight excluding hydrogens is 244 g/mol. The van der Waals surface area contributed by atoms with Crippen LogP contribution in [0.2, 0.25) is 0 Å². The van der Waals surface area contributed by atoms with Crippen molar-refractivity contribution in [1.29, 1.82) is 0 Å². The average molecular weight is 272 g/mol. The van der Waals surface area contributed by atoms with E-state index in [0.717, 1.165) is 38.0 Å². The van der Waals surface area contributed by atoms with E-state index in [1.165, 1.54) is 0 Å². The van der Waals surface area contributed by atoms with Gasteiger partial charge in [0.2, 0.25) is 5.91 Å². The Morgan fingerprint density at radius 1 is 1.42 bits per heavy atom. The van der Waals surface area contributed by atoms with Crippen LogP contribution in [0.3, 0.4) is 0 Å². The first kappa shape index (κ1) is 16.4. The first-order valence-corrected chi connectivity index (χ1v) is 7.23. The normalized spacial score (nSPS) is 27.2. The Morgan fingerprint density at radius 3 is 2.68 bits per heavy atom. The molecule has 5 nitrogen and oxygen atoms in total. The summed E-state index contributed by atoms with van der Waals surface area (Å²) < 4.78 is 4.92. The number of hydrogen-bond donors (Lipinski definition) is 3. The molecule has 0 radical (unpaired) electrons. The summed E-state index contributed by atoms with van der Waals surface area (Å²) in [6.45, 7) is 3.92. The number of aliphatic hydroxyl groups excluding tert-OH is 1. The third-order valence-electron chi connectivity index (χ3n) is 4.01. The van der Waals surface area contributed by atoms with Gasteiger partial charge in [0.1, 0.15) is 0 Å². The van der Waals surface area contributed by atoms with Crippen molar-refractivity contribution in [2.45, 2.75) is 44.6 Å². The summed E-state index contributed by atoms with van der Waals surface area (Å²) in [5.74, 6) is 0.715. The standard InChI is InChI=1S/C14H28N2O3/c1-12-4-6-14(11-17,7-5-12)16-10-13(18)15-8-3-9-19-2/h12,16-17H,3-11H2,1-2H3,(H,15,18). The molecule has 0 spiro atoms. The summed E-state index contributed by atoms with van der Waals surface area (Å²) in [5.41, 5.74) is -0.254. The summed E-state index contributed by atoms with van der Waals surface area (Å²) in [6.07, 6.45) is 4.94. The van der Waals surface area contributed by atoms with E-state index in [4.69, 9.17) is 4.74 Å². The zero-order chi connectivity index (χ0) is 14.1. The van der Waals surface area contributed by atoms with Gasteiger partial charge in [-0.15, -0.1) is 0 Å². The zero-order valence-electron chi connectivity index (χ0n) is 12.2. The minimum absolute atomic E-state index is 0.0115. The molecule has 0 saturated heterocycles. The molecule has 5 heteroatoms. The summed E-state index contributed by atoms with van der Waals surface area (Å²) >= 11 is 0. The number of ether oxygens (including phenoxy) is 1. The highest BCUT2D eigenvalue weighted by Crippen LogP contribution is 2.31. The Kier molecular flexibility index (Phi) is 7.34. The topological polar surface area (TPSA) is 70.6 Å². The van der Waals surface area contributed by atoms with Gasteiger partial charge in [-0.05, 0) is 38.0 Å². The second-order valence-corrected chi connectivity index (χ2v) is 5.67. The molecule has 19 heavy (non-hydrogen) atoms. The minimum Gasteiger partial charge on any atom is -0.394 e. The van der Waals surface area contributed by atoms with Crippen LogP contribution < -0.4 is 10.6 Å². The number of rotatable bonds is 8. The highest BCUT2D eigenvalue weighted by molar-refractivity contribution is 5.78. The van der Waals surface area contributed by atoms with Gasteiger partial charge in [-0.3, -0.25) is 4.79 Å². The fourth-order valence-electron chi connectivity index (χ4n) is 2.48. The SMILES string of the molecule is COCCCNC(=O)CNC1(CO)CCC(C)CC1. The Morgan fingerprint density at radius 2 is 2.11 bits per heavy atom. The van der Waals surface area contributed by atoms with E-state index >= 15 is 0 Å². The summed E-state index contributed by atoms with van der Waals surface area (Å²) in [7, 11) is 1.65. The molecule has 1 amide bonds. The summed E-state index contributed by atoms with van der Waals surface area (Å²) in [6, 6.07) is 0. The Balaban J connectivity index is 2.23. The molecular formula is C14H28N2O3. The van der Waals surface area contributed by atoms with Crippen molar-refractivity contribution < 1.29 is 14.6 Å². The molecule has 1 fully saturated rings. The second kappa shape index (κ2) is 8.51. The number of hydrogen-bond acceptors (Lipinski definition) is 4. The number of amides is 1. The van der Waals surface area contributed by atoms with Crippen LogP contribution in [-0.2, 0) is 9.53 Å². The van der Waals surface area contributed by atoms with Crippen molar-refractivity contribution in [3.05, 3.63) is 0 Å². The first-order chi connectivity index (χ1) is 9.12. The molecule has 0 unspecified atom stereocenters. The molecule has 0 aromatic carbocycles. The van der Waals surface area contributed by atoms with Crippen molar-refractivity contribution >= 4 is 5.91 Å². The molecule has 0 atom stereocenters. The van der Waals surface area contributed by atoms with E-state index < -0.39 is 0 Å². The van der Waals surface area contributed by atoms with Gasteiger partial charge >= 0.3 is 0 Å². The fraction of sp³-hybridized carbons (Fsp3) is 0.929. The number of nitrogens with one attached hydrogen (secondary N) is 2. The van der Waals surface area contributed by atoms with E-state index in [1.54, 1.807) is 7.11 Å². The van der Waals surface area contributed by atoms with Gasteiger partial charge in [0.15, 0.2) is 0 Å². The molecule has 1 rings (SSSR count). The van der Waals surface area contributed by atoms with E-state index in [0.29, 0.717) is 13.2 Å². The highest BCUT2D eigenvalue weighted by atomic mass is 16.5. The van der Waals surface area contributed by atoms with Crippen molar-refractivity contribution in [2.24, 2.45) is 5.92 Å². The number of carbonyl (C=O) groups excluding carboxylic acids is 1. The Hall–Kier alpha value is -0.650. The van der Waals surface area contributed by atoms with Crippen molar-refractivity contribution in [3.63, 3.8) is 0 Å².